The largest absolute Gasteiger partial charge is 0.333 e. The molecule has 0 bridgehead atoms. The quantitative estimate of drug-likeness (QED) is 0.847. The van der Waals surface area contributed by atoms with Crippen LogP contribution in [0.5, 0.6) is 0 Å². The number of carbonyl (C=O) groups excluding carboxylic acids is 1. The zero-order valence-electron chi connectivity index (χ0n) is 12.9. The van der Waals surface area contributed by atoms with Crippen molar-refractivity contribution in [2.75, 3.05) is 6.54 Å². The monoisotopic (exact) mass is 287 g/mol. The highest BCUT2D eigenvalue weighted by Gasteiger charge is 2.24. The number of aromatic amines is 1. The molecule has 21 heavy (non-hydrogen) atoms. The lowest BCUT2D eigenvalue weighted by atomic mass is 9.94. The van der Waals surface area contributed by atoms with Gasteiger partial charge in [-0.2, -0.15) is 5.10 Å². The molecule has 114 valence electrons. The van der Waals surface area contributed by atoms with Crippen molar-refractivity contribution in [1.82, 2.24) is 15.1 Å². The highest BCUT2D eigenvalue weighted by atomic mass is 16.2. The van der Waals surface area contributed by atoms with Crippen LogP contribution in [0.25, 0.3) is 0 Å². The maximum atomic E-state index is 12.4. The first-order valence-electron chi connectivity index (χ1n) is 8.30. The maximum Gasteiger partial charge on any atom is 0.223 e. The number of H-pyrrole nitrogens is 1. The molecule has 1 aromatic rings. The van der Waals surface area contributed by atoms with Crippen molar-refractivity contribution in [2.24, 2.45) is 0 Å². The summed E-state index contributed by atoms with van der Waals surface area (Å²) in [5.74, 6) is 0.269. The van der Waals surface area contributed by atoms with Gasteiger partial charge in [-0.25, -0.2) is 0 Å². The van der Waals surface area contributed by atoms with Crippen LogP contribution in [0.1, 0.15) is 56.0 Å². The standard InChI is InChI=1S/C17H25N3O/c1-2-6-13-7-5-12-20(13)17(21)11-10-16-14-8-3-4-9-15(14)18-19-16/h5,7,13H,2-4,6,8-12H2,1H3,(H,18,19). The summed E-state index contributed by atoms with van der Waals surface area (Å²) in [5, 5.41) is 7.60. The van der Waals surface area contributed by atoms with Crippen molar-refractivity contribution in [3.05, 3.63) is 29.1 Å². The second kappa shape index (κ2) is 6.46. The van der Waals surface area contributed by atoms with Gasteiger partial charge in [0, 0.05) is 25.1 Å². The number of hydrogen-bond donors (Lipinski definition) is 1. The smallest absolute Gasteiger partial charge is 0.223 e. The van der Waals surface area contributed by atoms with Gasteiger partial charge in [0.25, 0.3) is 0 Å². The molecule has 0 saturated carbocycles. The number of nitrogens with zero attached hydrogens (tertiary/aromatic N) is 2. The SMILES string of the molecule is CCCC1C=CCN1C(=O)CCc1n[nH]c2c1CCCC2. The molecule has 1 amide bonds. The second-order valence-corrected chi connectivity index (χ2v) is 6.16. The first-order chi connectivity index (χ1) is 10.3. The summed E-state index contributed by atoms with van der Waals surface area (Å²) in [5.41, 5.74) is 3.81. The molecule has 0 aromatic carbocycles. The highest BCUT2D eigenvalue weighted by molar-refractivity contribution is 5.77. The summed E-state index contributed by atoms with van der Waals surface area (Å²) in [4.78, 5) is 14.5. The lowest BCUT2D eigenvalue weighted by Gasteiger charge is -2.24. The van der Waals surface area contributed by atoms with E-state index in [9.17, 15) is 4.79 Å². The summed E-state index contributed by atoms with van der Waals surface area (Å²) in [6.45, 7) is 2.95. The second-order valence-electron chi connectivity index (χ2n) is 6.16. The van der Waals surface area contributed by atoms with Crippen molar-refractivity contribution in [1.29, 1.82) is 0 Å². The van der Waals surface area contributed by atoms with E-state index in [1.807, 2.05) is 4.90 Å². The van der Waals surface area contributed by atoms with Gasteiger partial charge in [0.15, 0.2) is 0 Å². The molecule has 2 heterocycles. The van der Waals surface area contributed by atoms with Crippen molar-refractivity contribution in [2.45, 2.75) is 64.3 Å². The topological polar surface area (TPSA) is 49.0 Å². The minimum absolute atomic E-state index is 0.269. The third-order valence-corrected chi connectivity index (χ3v) is 4.68. The maximum absolute atomic E-state index is 12.4. The first kappa shape index (κ1) is 14.4. The Morgan fingerprint density at radius 1 is 1.43 bits per heavy atom. The molecule has 4 heteroatoms. The first-order valence-corrected chi connectivity index (χ1v) is 8.30. The minimum Gasteiger partial charge on any atom is -0.333 e. The number of fused-ring (bicyclic) bond motifs is 1. The molecule has 1 N–H and O–H groups in total. The van der Waals surface area contributed by atoms with Crippen molar-refractivity contribution in [3.8, 4) is 0 Å². The van der Waals surface area contributed by atoms with Gasteiger partial charge >= 0.3 is 0 Å². The average molecular weight is 287 g/mol. The highest BCUT2D eigenvalue weighted by Crippen LogP contribution is 2.23. The number of amides is 1. The third kappa shape index (κ3) is 3.04. The normalized spacial score (nSPS) is 20.8. The molecule has 1 aliphatic carbocycles. The van der Waals surface area contributed by atoms with Gasteiger partial charge in [-0.05, 0) is 37.7 Å². The summed E-state index contributed by atoms with van der Waals surface area (Å²) in [6.07, 6.45) is 12.6. The van der Waals surface area contributed by atoms with Gasteiger partial charge in [0.2, 0.25) is 5.91 Å². The number of rotatable bonds is 5. The molecule has 0 spiro atoms. The molecule has 1 unspecified atom stereocenters. The molecule has 1 aromatic heterocycles. The lowest BCUT2D eigenvalue weighted by Crippen LogP contribution is -2.36. The van der Waals surface area contributed by atoms with Crippen molar-refractivity contribution in [3.63, 3.8) is 0 Å². The van der Waals surface area contributed by atoms with E-state index in [1.54, 1.807) is 0 Å². The van der Waals surface area contributed by atoms with Gasteiger partial charge < -0.3 is 4.90 Å². The number of carbonyl (C=O) groups is 1. The van der Waals surface area contributed by atoms with Crippen LogP contribution in [0.15, 0.2) is 12.2 Å². The molecule has 2 aliphatic rings. The van der Waals surface area contributed by atoms with Crippen LogP contribution >= 0.6 is 0 Å². The van der Waals surface area contributed by atoms with Crippen LogP contribution in [-0.4, -0.2) is 33.6 Å². The van der Waals surface area contributed by atoms with Crippen LogP contribution in [0.4, 0.5) is 0 Å². The van der Waals surface area contributed by atoms with Crippen LogP contribution < -0.4 is 0 Å². The summed E-state index contributed by atoms with van der Waals surface area (Å²) in [7, 11) is 0. The fraction of sp³-hybridized carbons (Fsp3) is 0.647. The van der Waals surface area contributed by atoms with E-state index in [2.05, 4.69) is 29.3 Å². The van der Waals surface area contributed by atoms with Crippen molar-refractivity contribution >= 4 is 5.91 Å². The van der Waals surface area contributed by atoms with Gasteiger partial charge in [-0.15, -0.1) is 0 Å². The Hall–Kier alpha value is -1.58. The molecule has 3 rings (SSSR count). The fourth-order valence-electron chi connectivity index (χ4n) is 3.53. The predicted molar refractivity (Wildman–Crippen MR) is 83.1 cm³/mol. The van der Waals surface area contributed by atoms with Crippen LogP contribution in [0.2, 0.25) is 0 Å². The predicted octanol–water partition coefficient (Wildman–Crippen LogP) is 2.79. The number of nitrogens with one attached hydrogen (secondary N) is 1. The van der Waals surface area contributed by atoms with Crippen LogP contribution in [0, 0.1) is 0 Å². The molecular formula is C17H25N3O. The molecule has 0 fully saturated rings. The Morgan fingerprint density at radius 2 is 2.29 bits per heavy atom. The van der Waals surface area contributed by atoms with Gasteiger partial charge in [0.05, 0.1) is 11.7 Å². The molecular weight excluding hydrogens is 262 g/mol. The zero-order valence-corrected chi connectivity index (χ0v) is 12.9. The number of aryl methyl sites for hydroxylation is 2. The Morgan fingerprint density at radius 3 is 3.14 bits per heavy atom. The van der Waals surface area contributed by atoms with Gasteiger partial charge in [-0.1, -0.05) is 25.5 Å². The molecule has 0 radical (unpaired) electrons. The Balaban J connectivity index is 1.57. The van der Waals surface area contributed by atoms with E-state index in [4.69, 9.17) is 0 Å². The van der Waals surface area contributed by atoms with E-state index < -0.39 is 0 Å². The molecule has 0 saturated heterocycles. The van der Waals surface area contributed by atoms with E-state index in [1.165, 1.54) is 24.1 Å². The molecule has 4 nitrogen and oxygen atoms in total. The van der Waals surface area contributed by atoms with Crippen LogP contribution in [-0.2, 0) is 24.1 Å². The minimum atomic E-state index is 0.269. The Bertz CT molecular complexity index is 532. The summed E-state index contributed by atoms with van der Waals surface area (Å²) in [6, 6.07) is 0.315. The lowest BCUT2D eigenvalue weighted by molar-refractivity contribution is -0.131. The van der Waals surface area contributed by atoms with Crippen molar-refractivity contribution < 1.29 is 4.79 Å². The van der Waals surface area contributed by atoms with E-state index in [0.717, 1.165) is 44.3 Å². The van der Waals surface area contributed by atoms with Crippen LogP contribution in [0.3, 0.4) is 0 Å². The van der Waals surface area contributed by atoms with E-state index >= 15 is 0 Å². The Labute approximate surface area is 126 Å². The van der Waals surface area contributed by atoms with E-state index in [-0.39, 0.29) is 5.91 Å². The van der Waals surface area contributed by atoms with Gasteiger partial charge in [-0.3, -0.25) is 9.89 Å². The summed E-state index contributed by atoms with van der Waals surface area (Å²) < 4.78 is 0. The zero-order chi connectivity index (χ0) is 14.7. The van der Waals surface area contributed by atoms with E-state index in [0.29, 0.717) is 12.5 Å². The average Bonchev–Trinajstić information content (AvgIpc) is 3.12. The molecule has 1 aliphatic heterocycles. The van der Waals surface area contributed by atoms with Gasteiger partial charge in [0.1, 0.15) is 0 Å². The molecule has 1 atom stereocenters. The number of hydrogen-bond acceptors (Lipinski definition) is 2. The number of aromatic nitrogens is 2. The Kier molecular flexibility index (Phi) is 4.42. The fourth-order valence-corrected chi connectivity index (χ4v) is 3.53. The third-order valence-electron chi connectivity index (χ3n) is 4.68. The summed E-state index contributed by atoms with van der Waals surface area (Å²) >= 11 is 0.